The molecule has 0 aliphatic rings. The van der Waals surface area contributed by atoms with Crippen LogP contribution in [0.5, 0.6) is 0 Å². The quantitative estimate of drug-likeness (QED) is 0.901. The van der Waals surface area contributed by atoms with Gasteiger partial charge in [-0.3, -0.25) is 4.79 Å². The molecular weight excluding hydrogens is 292 g/mol. The number of aryl methyl sites for hydroxylation is 1. The number of nitrogens with one attached hydrogen (secondary N) is 1. The minimum Gasteiger partial charge on any atom is -0.394 e. The minimum atomic E-state index is -0.735. The van der Waals surface area contributed by atoms with Crippen molar-refractivity contribution in [3.05, 3.63) is 40.9 Å². The molecule has 6 nitrogen and oxygen atoms in total. The van der Waals surface area contributed by atoms with E-state index in [1.165, 1.54) is 4.68 Å². The van der Waals surface area contributed by atoms with Gasteiger partial charge in [0.05, 0.1) is 22.9 Å². The molecule has 2 aromatic rings. The first-order chi connectivity index (χ1) is 9.84. The lowest BCUT2D eigenvalue weighted by Gasteiger charge is -2.22. The molecule has 1 amide bonds. The van der Waals surface area contributed by atoms with E-state index in [9.17, 15) is 9.90 Å². The number of hydrogen-bond donors (Lipinski definition) is 2. The molecule has 0 aliphatic heterocycles. The highest BCUT2D eigenvalue weighted by molar-refractivity contribution is 6.32. The molecule has 112 valence electrons. The van der Waals surface area contributed by atoms with Gasteiger partial charge in [0.1, 0.15) is 5.82 Å². The molecule has 0 saturated heterocycles. The van der Waals surface area contributed by atoms with E-state index in [0.717, 1.165) is 0 Å². The third-order valence-electron chi connectivity index (χ3n) is 2.90. The molecule has 2 N–H and O–H groups in total. The van der Waals surface area contributed by atoms with Gasteiger partial charge in [0.25, 0.3) is 5.91 Å². The minimum absolute atomic E-state index is 0.0361. The molecule has 7 heteroatoms. The zero-order valence-corrected chi connectivity index (χ0v) is 12.8. The van der Waals surface area contributed by atoms with Crippen molar-refractivity contribution in [2.75, 3.05) is 6.61 Å². The van der Waals surface area contributed by atoms with Crippen LogP contribution in [-0.4, -0.2) is 37.9 Å². The van der Waals surface area contributed by atoms with Crippen molar-refractivity contribution >= 4 is 17.5 Å². The maximum Gasteiger partial charge on any atom is 0.291 e. The van der Waals surface area contributed by atoms with Gasteiger partial charge in [-0.2, -0.15) is 0 Å². The SMILES string of the molecule is Cc1nc(C(=O)NC(C)(C)CO)nn1-c1ccccc1Cl. The summed E-state index contributed by atoms with van der Waals surface area (Å²) in [5.41, 5.74) is -0.0782. The Balaban J connectivity index is 2.32. The first-order valence-corrected chi connectivity index (χ1v) is 6.84. The van der Waals surface area contributed by atoms with Crippen molar-refractivity contribution in [2.45, 2.75) is 26.3 Å². The fourth-order valence-electron chi connectivity index (χ4n) is 1.74. The number of halogens is 1. The Hall–Kier alpha value is -1.92. The molecule has 1 aromatic heterocycles. The lowest BCUT2D eigenvalue weighted by atomic mass is 10.1. The van der Waals surface area contributed by atoms with E-state index in [-0.39, 0.29) is 12.4 Å². The maximum absolute atomic E-state index is 12.1. The Labute approximate surface area is 127 Å². The van der Waals surface area contributed by atoms with Crippen molar-refractivity contribution in [2.24, 2.45) is 0 Å². The van der Waals surface area contributed by atoms with Gasteiger partial charge in [0, 0.05) is 0 Å². The van der Waals surface area contributed by atoms with Crippen LogP contribution in [0.2, 0.25) is 5.02 Å². The summed E-state index contributed by atoms with van der Waals surface area (Å²) >= 11 is 6.13. The number of amides is 1. The third kappa shape index (κ3) is 3.40. The molecule has 1 aromatic carbocycles. The van der Waals surface area contributed by atoms with Crippen LogP contribution in [0, 0.1) is 6.92 Å². The number of carbonyl (C=O) groups excluding carboxylic acids is 1. The van der Waals surface area contributed by atoms with E-state index >= 15 is 0 Å². The standard InChI is InChI=1S/C14H17ClN4O2/c1-9-16-12(13(21)17-14(2,3)8-20)18-19(9)11-7-5-4-6-10(11)15/h4-7,20H,8H2,1-3H3,(H,17,21). The van der Waals surface area contributed by atoms with Crippen LogP contribution in [0.3, 0.4) is 0 Å². The summed E-state index contributed by atoms with van der Waals surface area (Å²) in [5.74, 6) is 0.145. The van der Waals surface area contributed by atoms with Gasteiger partial charge in [-0.1, -0.05) is 23.7 Å². The monoisotopic (exact) mass is 308 g/mol. The van der Waals surface area contributed by atoms with Gasteiger partial charge < -0.3 is 10.4 Å². The zero-order chi connectivity index (χ0) is 15.6. The number of aliphatic hydroxyl groups is 1. The van der Waals surface area contributed by atoms with E-state index in [4.69, 9.17) is 11.6 Å². The molecule has 1 heterocycles. The molecule has 0 fully saturated rings. The van der Waals surface area contributed by atoms with Crippen molar-refractivity contribution in [1.29, 1.82) is 0 Å². The van der Waals surface area contributed by atoms with Crippen LogP contribution in [0.4, 0.5) is 0 Å². The summed E-state index contributed by atoms with van der Waals surface area (Å²) in [6.07, 6.45) is 0. The Morgan fingerprint density at radius 2 is 2.10 bits per heavy atom. The number of para-hydroxylation sites is 1. The summed E-state index contributed by atoms with van der Waals surface area (Å²) in [6.45, 7) is 4.98. The van der Waals surface area contributed by atoms with Gasteiger partial charge in [0.15, 0.2) is 0 Å². The van der Waals surface area contributed by atoms with Gasteiger partial charge in [-0.15, -0.1) is 5.10 Å². The maximum atomic E-state index is 12.1. The molecule has 0 atom stereocenters. The van der Waals surface area contributed by atoms with Crippen molar-refractivity contribution in [3.8, 4) is 5.69 Å². The van der Waals surface area contributed by atoms with E-state index in [1.807, 2.05) is 12.1 Å². The lowest BCUT2D eigenvalue weighted by Crippen LogP contribution is -2.46. The number of benzene rings is 1. The Bertz CT molecular complexity index is 667. The number of aliphatic hydroxyl groups excluding tert-OH is 1. The smallest absolute Gasteiger partial charge is 0.291 e. The highest BCUT2D eigenvalue weighted by atomic mass is 35.5. The molecule has 2 rings (SSSR count). The normalized spacial score (nSPS) is 11.5. The number of nitrogens with zero attached hydrogens (tertiary/aromatic N) is 3. The first kappa shape index (κ1) is 15.5. The second kappa shape index (κ2) is 5.83. The highest BCUT2D eigenvalue weighted by Crippen LogP contribution is 2.20. The highest BCUT2D eigenvalue weighted by Gasteiger charge is 2.23. The predicted octanol–water partition coefficient (Wildman–Crippen LogP) is 1.73. The molecule has 0 spiro atoms. The van der Waals surface area contributed by atoms with Crippen molar-refractivity contribution < 1.29 is 9.90 Å². The van der Waals surface area contributed by atoms with Crippen molar-refractivity contribution in [1.82, 2.24) is 20.1 Å². The molecule has 0 unspecified atom stereocenters. The fourth-order valence-corrected chi connectivity index (χ4v) is 1.96. The third-order valence-corrected chi connectivity index (χ3v) is 3.22. The number of carbonyl (C=O) groups is 1. The van der Waals surface area contributed by atoms with E-state index in [0.29, 0.717) is 16.5 Å². The molecule has 0 saturated carbocycles. The van der Waals surface area contributed by atoms with Gasteiger partial charge in [-0.05, 0) is 32.9 Å². The summed E-state index contributed by atoms with van der Waals surface area (Å²) in [6, 6.07) is 7.18. The van der Waals surface area contributed by atoms with Crippen LogP contribution in [-0.2, 0) is 0 Å². The number of hydrogen-bond acceptors (Lipinski definition) is 4. The average molecular weight is 309 g/mol. The van der Waals surface area contributed by atoms with Gasteiger partial charge >= 0.3 is 0 Å². The topological polar surface area (TPSA) is 80.0 Å². The molecule has 0 bridgehead atoms. The Kier molecular flexibility index (Phi) is 4.29. The van der Waals surface area contributed by atoms with Crippen LogP contribution >= 0.6 is 11.6 Å². The van der Waals surface area contributed by atoms with E-state index in [2.05, 4.69) is 15.4 Å². The number of rotatable bonds is 4. The Morgan fingerprint density at radius 1 is 1.43 bits per heavy atom. The first-order valence-electron chi connectivity index (χ1n) is 6.46. The Morgan fingerprint density at radius 3 is 2.71 bits per heavy atom. The molecule has 0 aliphatic carbocycles. The van der Waals surface area contributed by atoms with E-state index in [1.54, 1.807) is 32.9 Å². The molecular formula is C14H17ClN4O2. The van der Waals surface area contributed by atoms with Crippen molar-refractivity contribution in [3.63, 3.8) is 0 Å². The number of aromatic nitrogens is 3. The largest absolute Gasteiger partial charge is 0.394 e. The second-order valence-electron chi connectivity index (χ2n) is 5.34. The van der Waals surface area contributed by atoms with Crippen LogP contribution < -0.4 is 5.32 Å². The van der Waals surface area contributed by atoms with Gasteiger partial charge in [0.2, 0.25) is 5.82 Å². The lowest BCUT2D eigenvalue weighted by molar-refractivity contribution is 0.0858. The molecule has 21 heavy (non-hydrogen) atoms. The zero-order valence-electron chi connectivity index (χ0n) is 12.1. The van der Waals surface area contributed by atoms with Crippen LogP contribution in [0.15, 0.2) is 24.3 Å². The van der Waals surface area contributed by atoms with Crippen LogP contribution in [0.25, 0.3) is 5.69 Å². The predicted molar refractivity (Wildman–Crippen MR) is 79.7 cm³/mol. The summed E-state index contributed by atoms with van der Waals surface area (Å²) < 4.78 is 1.52. The van der Waals surface area contributed by atoms with Crippen LogP contribution in [0.1, 0.15) is 30.3 Å². The summed E-state index contributed by atoms with van der Waals surface area (Å²) in [5, 5.41) is 16.6. The molecule has 0 radical (unpaired) electrons. The van der Waals surface area contributed by atoms with Gasteiger partial charge in [-0.25, -0.2) is 9.67 Å². The summed E-state index contributed by atoms with van der Waals surface area (Å²) in [7, 11) is 0. The second-order valence-corrected chi connectivity index (χ2v) is 5.75. The average Bonchev–Trinajstić information content (AvgIpc) is 2.81. The van der Waals surface area contributed by atoms with E-state index < -0.39 is 11.4 Å². The fraction of sp³-hybridized carbons (Fsp3) is 0.357. The summed E-state index contributed by atoms with van der Waals surface area (Å²) in [4.78, 5) is 16.3.